The van der Waals surface area contributed by atoms with Crippen LogP contribution in [0.1, 0.15) is 17.5 Å². The molecule has 5 heteroatoms. The zero-order chi connectivity index (χ0) is 17.8. The van der Waals surface area contributed by atoms with Gasteiger partial charge in [-0.05, 0) is 67.8 Å². The van der Waals surface area contributed by atoms with Crippen LogP contribution in [0, 0.1) is 13.8 Å². The summed E-state index contributed by atoms with van der Waals surface area (Å²) in [6.45, 7) is 5.99. The van der Waals surface area contributed by atoms with Crippen molar-refractivity contribution >= 4 is 23.1 Å². The van der Waals surface area contributed by atoms with Gasteiger partial charge in [0.1, 0.15) is 0 Å². The highest BCUT2D eigenvalue weighted by atomic mass is 16.5. The van der Waals surface area contributed by atoms with Crippen LogP contribution in [-0.2, 0) is 4.74 Å². The third-order valence-electron chi connectivity index (χ3n) is 4.73. The van der Waals surface area contributed by atoms with Gasteiger partial charge in [-0.1, -0.05) is 6.07 Å². The number of hydrogen-bond acceptors (Lipinski definition) is 3. The SMILES string of the molecule is COC1CCN(c2ccc(NC(=O)Nc3ccc(C)c(C)c3)cc2)C1. The number of urea groups is 1. The van der Waals surface area contributed by atoms with E-state index in [0.29, 0.717) is 6.10 Å². The van der Waals surface area contributed by atoms with E-state index in [1.807, 2.05) is 49.4 Å². The third kappa shape index (κ3) is 4.31. The zero-order valence-corrected chi connectivity index (χ0v) is 15.0. The van der Waals surface area contributed by atoms with Crippen LogP contribution in [-0.4, -0.2) is 32.3 Å². The summed E-state index contributed by atoms with van der Waals surface area (Å²) in [6.07, 6.45) is 1.36. The van der Waals surface area contributed by atoms with E-state index >= 15 is 0 Å². The minimum absolute atomic E-state index is 0.239. The van der Waals surface area contributed by atoms with E-state index in [-0.39, 0.29) is 6.03 Å². The Hall–Kier alpha value is -2.53. The Balaban J connectivity index is 1.57. The number of carbonyl (C=O) groups excluding carboxylic acids is 1. The van der Waals surface area contributed by atoms with Crippen LogP contribution in [0.15, 0.2) is 42.5 Å². The average molecular weight is 339 g/mol. The molecular weight excluding hydrogens is 314 g/mol. The number of aryl methyl sites for hydroxylation is 2. The molecule has 2 aromatic rings. The summed E-state index contributed by atoms with van der Waals surface area (Å²) in [5, 5.41) is 5.73. The molecule has 1 heterocycles. The summed E-state index contributed by atoms with van der Waals surface area (Å²) in [7, 11) is 1.76. The van der Waals surface area contributed by atoms with Gasteiger partial charge in [0.05, 0.1) is 6.10 Å². The number of ether oxygens (including phenoxy) is 1. The van der Waals surface area contributed by atoms with Gasteiger partial charge in [-0.2, -0.15) is 0 Å². The highest BCUT2D eigenvalue weighted by molar-refractivity contribution is 5.99. The standard InChI is InChI=1S/C20H25N3O2/c1-14-4-5-17(12-15(14)2)22-20(24)21-16-6-8-18(9-7-16)23-11-10-19(13-23)25-3/h4-9,12,19H,10-11,13H2,1-3H3,(H2,21,22,24). The second kappa shape index (κ2) is 7.57. The molecule has 0 spiro atoms. The van der Waals surface area contributed by atoms with Crippen LogP contribution in [0.5, 0.6) is 0 Å². The van der Waals surface area contributed by atoms with Crippen LogP contribution >= 0.6 is 0 Å². The molecule has 25 heavy (non-hydrogen) atoms. The van der Waals surface area contributed by atoms with Crippen molar-refractivity contribution in [3.05, 3.63) is 53.6 Å². The minimum Gasteiger partial charge on any atom is -0.380 e. The molecule has 0 aromatic heterocycles. The molecule has 1 saturated heterocycles. The monoisotopic (exact) mass is 339 g/mol. The lowest BCUT2D eigenvalue weighted by Gasteiger charge is -2.18. The number of rotatable bonds is 4. The molecule has 0 aliphatic carbocycles. The van der Waals surface area contributed by atoms with E-state index in [4.69, 9.17) is 4.74 Å². The molecule has 1 aliphatic heterocycles. The van der Waals surface area contributed by atoms with Gasteiger partial charge >= 0.3 is 6.03 Å². The fourth-order valence-electron chi connectivity index (χ4n) is 3.02. The Kier molecular flexibility index (Phi) is 5.24. The van der Waals surface area contributed by atoms with Gasteiger partial charge in [0, 0.05) is 37.3 Å². The molecule has 0 radical (unpaired) electrons. The number of amides is 2. The van der Waals surface area contributed by atoms with Crippen molar-refractivity contribution in [3.8, 4) is 0 Å². The summed E-state index contributed by atoms with van der Waals surface area (Å²) in [6, 6.07) is 13.6. The number of hydrogen-bond donors (Lipinski definition) is 2. The number of anilines is 3. The molecule has 0 saturated carbocycles. The molecule has 1 aliphatic rings. The molecule has 2 amide bonds. The van der Waals surface area contributed by atoms with E-state index < -0.39 is 0 Å². The van der Waals surface area contributed by atoms with E-state index in [0.717, 1.165) is 42.1 Å². The Labute approximate surface area is 149 Å². The van der Waals surface area contributed by atoms with Crippen molar-refractivity contribution in [2.75, 3.05) is 35.7 Å². The summed E-state index contributed by atoms with van der Waals surface area (Å²) in [4.78, 5) is 14.5. The summed E-state index contributed by atoms with van der Waals surface area (Å²) >= 11 is 0. The van der Waals surface area contributed by atoms with Crippen molar-refractivity contribution in [1.82, 2.24) is 0 Å². The molecule has 5 nitrogen and oxygen atoms in total. The van der Waals surface area contributed by atoms with Gasteiger partial charge in [0.25, 0.3) is 0 Å². The lowest BCUT2D eigenvalue weighted by atomic mass is 10.1. The number of benzene rings is 2. The van der Waals surface area contributed by atoms with Crippen molar-refractivity contribution in [2.24, 2.45) is 0 Å². The van der Waals surface area contributed by atoms with Crippen molar-refractivity contribution in [3.63, 3.8) is 0 Å². The smallest absolute Gasteiger partial charge is 0.323 e. The Bertz CT molecular complexity index is 743. The van der Waals surface area contributed by atoms with E-state index in [2.05, 4.69) is 22.5 Å². The first-order valence-electron chi connectivity index (χ1n) is 8.58. The number of nitrogens with zero attached hydrogens (tertiary/aromatic N) is 1. The minimum atomic E-state index is -0.239. The molecular formula is C20H25N3O2. The summed E-state index contributed by atoms with van der Waals surface area (Å²) < 4.78 is 5.40. The fourth-order valence-corrected chi connectivity index (χ4v) is 3.02. The molecule has 2 aromatic carbocycles. The van der Waals surface area contributed by atoms with Crippen LogP contribution in [0.25, 0.3) is 0 Å². The highest BCUT2D eigenvalue weighted by Crippen LogP contribution is 2.23. The highest BCUT2D eigenvalue weighted by Gasteiger charge is 2.22. The van der Waals surface area contributed by atoms with Gasteiger partial charge in [-0.25, -0.2) is 4.79 Å². The molecule has 132 valence electrons. The Morgan fingerprint density at radius 2 is 1.72 bits per heavy atom. The number of methoxy groups -OCH3 is 1. The largest absolute Gasteiger partial charge is 0.380 e. The predicted molar refractivity (Wildman–Crippen MR) is 103 cm³/mol. The van der Waals surface area contributed by atoms with Crippen molar-refractivity contribution in [1.29, 1.82) is 0 Å². The van der Waals surface area contributed by atoms with Gasteiger partial charge in [0.15, 0.2) is 0 Å². The van der Waals surface area contributed by atoms with Gasteiger partial charge < -0.3 is 20.3 Å². The molecule has 0 bridgehead atoms. The lowest BCUT2D eigenvalue weighted by Crippen LogP contribution is -2.22. The summed E-state index contributed by atoms with van der Waals surface area (Å²) in [5.74, 6) is 0. The fraction of sp³-hybridized carbons (Fsp3) is 0.350. The van der Waals surface area contributed by atoms with Gasteiger partial charge in [-0.3, -0.25) is 0 Å². The van der Waals surface area contributed by atoms with Crippen molar-refractivity contribution < 1.29 is 9.53 Å². The van der Waals surface area contributed by atoms with Crippen molar-refractivity contribution in [2.45, 2.75) is 26.4 Å². The van der Waals surface area contributed by atoms with Crippen LogP contribution in [0.3, 0.4) is 0 Å². The van der Waals surface area contributed by atoms with E-state index in [9.17, 15) is 4.79 Å². The number of carbonyl (C=O) groups is 1. The van der Waals surface area contributed by atoms with Gasteiger partial charge in [0.2, 0.25) is 0 Å². The zero-order valence-electron chi connectivity index (χ0n) is 15.0. The average Bonchev–Trinajstić information content (AvgIpc) is 3.08. The van der Waals surface area contributed by atoms with E-state index in [1.54, 1.807) is 7.11 Å². The maximum Gasteiger partial charge on any atom is 0.323 e. The Morgan fingerprint density at radius 3 is 2.36 bits per heavy atom. The first kappa shape index (κ1) is 17.3. The maximum absolute atomic E-state index is 12.2. The predicted octanol–water partition coefficient (Wildman–Crippen LogP) is 4.17. The van der Waals surface area contributed by atoms with Gasteiger partial charge in [-0.15, -0.1) is 0 Å². The normalized spacial score (nSPS) is 16.8. The topological polar surface area (TPSA) is 53.6 Å². The maximum atomic E-state index is 12.2. The Morgan fingerprint density at radius 1 is 1.04 bits per heavy atom. The molecule has 1 fully saturated rings. The first-order chi connectivity index (χ1) is 12.0. The number of nitrogens with one attached hydrogen (secondary N) is 2. The molecule has 2 N–H and O–H groups in total. The van der Waals surface area contributed by atoms with Crippen LogP contribution < -0.4 is 15.5 Å². The molecule has 3 rings (SSSR count). The third-order valence-corrected chi connectivity index (χ3v) is 4.73. The quantitative estimate of drug-likeness (QED) is 0.879. The second-order valence-electron chi connectivity index (χ2n) is 6.52. The first-order valence-corrected chi connectivity index (χ1v) is 8.58. The molecule has 1 atom stereocenters. The van der Waals surface area contributed by atoms with E-state index in [1.165, 1.54) is 5.56 Å². The second-order valence-corrected chi connectivity index (χ2v) is 6.52. The lowest BCUT2D eigenvalue weighted by molar-refractivity contribution is 0.121. The van der Waals surface area contributed by atoms with Crippen LogP contribution in [0.4, 0.5) is 21.9 Å². The summed E-state index contributed by atoms with van der Waals surface area (Å²) in [5.41, 5.74) is 5.08. The molecule has 1 unspecified atom stereocenters. The van der Waals surface area contributed by atoms with Crippen LogP contribution in [0.2, 0.25) is 0 Å².